The molecule has 1 amide bonds. The van der Waals surface area contributed by atoms with Crippen LogP contribution in [0.1, 0.15) is 58.9 Å². The van der Waals surface area contributed by atoms with Gasteiger partial charge in [0.05, 0.1) is 5.92 Å². The second-order valence-corrected chi connectivity index (χ2v) is 9.58. The molecule has 8 nitrogen and oxygen atoms in total. The van der Waals surface area contributed by atoms with Crippen LogP contribution in [-0.2, 0) is 19.8 Å². The van der Waals surface area contributed by atoms with Crippen molar-refractivity contribution in [1.29, 1.82) is 0 Å². The van der Waals surface area contributed by atoms with Gasteiger partial charge in [-0.3, -0.25) is 9.59 Å². The summed E-state index contributed by atoms with van der Waals surface area (Å²) in [4.78, 5) is 38.6. The number of ether oxygens (including phenoxy) is 1. The molecule has 1 saturated heterocycles. The highest BCUT2D eigenvalue weighted by Crippen LogP contribution is 2.37. The molecule has 0 radical (unpaired) electrons. The van der Waals surface area contributed by atoms with Gasteiger partial charge in [0.2, 0.25) is 5.91 Å². The highest BCUT2D eigenvalue weighted by Gasteiger charge is 2.35. The van der Waals surface area contributed by atoms with Crippen molar-refractivity contribution in [3.05, 3.63) is 29.8 Å². The first-order valence-electron chi connectivity index (χ1n) is 11.7. The van der Waals surface area contributed by atoms with Crippen LogP contribution >= 0.6 is 0 Å². The molecule has 184 valence electrons. The number of benzene rings is 1. The lowest BCUT2D eigenvalue weighted by Crippen LogP contribution is -2.50. The van der Waals surface area contributed by atoms with Gasteiger partial charge in [0, 0.05) is 12.0 Å². The fourth-order valence-electron chi connectivity index (χ4n) is 4.45. The minimum atomic E-state index is -1.72. The molecule has 1 aromatic carbocycles. The minimum Gasteiger partial charge on any atom is -0.480 e. The van der Waals surface area contributed by atoms with Gasteiger partial charge in [0.15, 0.2) is 0 Å². The van der Waals surface area contributed by atoms with Crippen LogP contribution in [-0.4, -0.2) is 65.2 Å². The van der Waals surface area contributed by atoms with Crippen LogP contribution in [0.5, 0.6) is 5.75 Å². The smallest absolute Gasteiger partial charge is 0.326 e. The second-order valence-electron chi connectivity index (χ2n) is 9.58. The molecule has 1 fully saturated rings. The Hall–Kier alpha value is -2.45. The zero-order valence-electron chi connectivity index (χ0n) is 20.3. The Morgan fingerprint density at radius 2 is 1.91 bits per heavy atom. The molecule has 1 unspecified atom stereocenters. The molecule has 1 aliphatic rings. The maximum atomic E-state index is 12.7. The molecule has 1 aromatic rings. The van der Waals surface area contributed by atoms with Gasteiger partial charge in [-0.2, -0.15) is 0 Å². The van der Waals surface area contributed by atoms with Gasteiger partial charge >= 0.3 is 11.9 Å². The lowest BCUT2D eigenvalue weighted by atomic mass is 9.74. The summed E-state index contributed by atoms with van der Waals surface area (Å²) in [5, 5.41) is 21.9. The van der Waals surface area contributed by atoms with E-state index < -0.39 is 35.9 Å². The number of carbonyl (C=O) groups excluding carboxylic acids is 2. The number of carboxylic acids is 1. The third-order valence-corrected chi connectivity index (χ3v) is 6.70. The molecule has 3 N–H and O–H groups in total. The number of esters is 1. The SMILES string of the molecule is CCC1(c2cccc(OC(=O)[C@@H](C)[C@@H](O)C(=O)N[C@H](C(=O)O)C(C)C)c2)CCCCN(C)C1. The average Bonchev–Trinajstić information content (AvgIpc) is 2.97. The topological polar surface area (TPSA) is 116 Å². The lowest BCUT2D eigenvalue weighted by Gasteiger charge is -2.35. The van der Waals surface area contributed by atoms with E-state index in [1.807, 2.05) is 12.1 Å². The fraction of sp³-hybridized carbons (Fsp3) is 0.640. The van der Waals surface area contributed by atoms with Gasteiger partial charge in [-0.05, 0) is 63.4 Å². The van der Waals surface area contributed by atoms with Crippen molar-refractivity contribution in [2.75, 3.05) is 20.1 Å². The van der Waals surface area contributed by atoms with Crippen LogP contribution in [0.25, 0.3) is 0 Å². The van der Waals surface area contributed by atoms with E-state index in [9.17, 15) is 24.6 Å². The number of aliphatic hydroxyl groups excluding tert-OH is 1. The third kappa shape index (κ3) is 6.77. The van der Waals surface area contributed by atoms with E-state index in [1.165, 1.54) is 6.92 Å². The van der Waals surface area contributed by atoms with Crippen molar-refractivity contribution in [3.8, 4) is 5.75 Å². The van der Waals surface area contributed by atoms with Crippen LogP contribution in [0, 0.1) is 11.8 Å². The van der Waals surface area contributed by atoms with Crippen molar-refractivity contribution in [3.63, 3.8) is 0 Å². The lowest BCUT2D eigenvalue weighted by molar-refractivity contribution is -0.150. The molecule has 0 aromatic heterocycles. The number of nitrogens with zero attached hydrogens (tertiary/aromatic N) is 1. The summed E-state index contributed by atoms with van der Waals surface area (Å²) in [7, 11) is 2.13. The molecule has 0 saturated carbocycles. The summed E-state index contributed by atoms with van der Waals surface area (Å²) in [6.45, 7) is 8.84. The Kier molecular flexibility index (Phi) is 9.43. The standard InChI is InChI=1S/C25H38N2O6/c1-6-25(12-7-8-13-27(5)15-25)18-10-9-11-19(14-18)33-24(32)17(4)21(28)22(29)26-20(16(2)3)23(30)31/h9-11,14,16-17,20-21,28H,6-8,12-13,15H2,1-5H3,(H,26,29)(H,30,31)/t17-,20-,21+,25?/m0/s1. The number of aliphatic carboxylic acids is 1. The Labute approximate surface area is 196 Å². The van der Waals surface area contributed by atoms with E-state index in [0.29, 0.717) is 5.75 Å². The first-order chi connectivity index (χ1) is 15.5. The second kappa shape index (κ2) is 11.6. The number of rotatable bonds is 9. The third-order valence-electron chi connectivity index (χ3n) is 6.70. The summed E-state index contributed by atoms with van der Waals surface area (Å²) in [5.41, 5.74) is 1.08. The number of nitrogens with one attached hydrogen (secondary N) is 1. The van der Waals surface area contributed by atoms with Gasteiger partial charge in [-0.25, -0.2) is 4.79 Å². The van der Waals surface area contributed by atoms with Crippen LogP contribution in [0.3, 0.4) is 0 Å². The predicted molar refractivity (Wildman–Crippen MR) is 125 cm³/mol. The molecular weight excluding hydrogens is 424 g/mol. The van der Waals surface area contributed by atoms with Crippen LogP contribution in [0.4, 0.5) is 0 Å². The van der Waals surface area contributed by atoms with Crippen molar-refractivity contribution in [2.24, 2.45) is 11.8 Å². The van der Waals surface area contributed by atoms with Crippen molar-refractivity contribution >= 4 is 17.8 Å². The number of carbonyl (C=O) groups is 3. The zero-order valence-corrected chi connectivity index (χ0v) is 20.3. The largest absolute Gasteiger partial charge is 0.480 e. The van der Waals surface area contributed by atoms with Gasteiger partial charge in [0.1, 0.15) is 17.9 Å². The van der Waals surface area contributed by atoms with E-state index in [0.717, 1.165) is 44.3 Å². The summed E-state index contributed by atoms with van der Waals surface area (Å²) >= 11 is 0. The van der Waals surface area contributed by atoms with E-state index in [1.54, 1.807) is 19.9 Å². The van der Waals surface area contributed by atoms with Gasteiger partial charge in [-0.15, -0.1) is 0 Å². The van der Waals surface area contributed by atoms with E-state index in [-0.39, 0.29) is 11.3 Å². The first-order valence-corrected chi connectivity index (χ1v) is 11.7. The summed E-state index contributed by atoms with van der Waals surface area (Å²) in [6, 6.07) is 6.32. The number of hydrogen-bond acceptors (Lipinski definition) is 6. The van der Waals surface area contributed by atoms with Gasteiger partial charge < -0.3 is 25.2 Å². The first kappa shape index (κ1) is 26.8. The number of aliphatic hydroxyl groups is 1. The zero-order chi connectivity index (χ0) is 24.8. The molecule has 1 aliphatic heterocycles. The van der Waals surface area contributed by atoms with Crippen molar-refractivity contribution in [2.45, 2.75) is 70.9 Å². The molecular formula is C25H38N2O6. The molecule has 8 heteroatoms. The number of likely N-dealkylation sites (tertiary alicyclic amines) is 1. The number of hydrogen-bond donors (Lipinski definition) is 3. The van der Waals surface area contributed by atoms with Crippen molar-refractivity contribution in [1.82, 2.24) is 10.2 Å². The molecule has 33 heavy (non-hydrogen) atoms. The number of amides is 1. The van der Waals surface area contributed by atoms with Crippen molar-refractivity contribution < 1.29 is 29.3 Å². The van der Waals surface area contributed by atoms with Gasteiger partial charge in [-0.1, -0.05) is 39.3 Å². The monoisotopic (exact) mass is 462 g/mol. The quantitative estimate of drug-likeness (QED) is 0.381. The Balaban J connectivity index is 2.12. The molecule has 0 spiro atoms. The van der Waals surface area contributed by atoms with E-state index in [4.69, 9.17) is 4.74 Å². The molecule has 0 aliphatic carbocycles. The Bertz CT molecular complexity index is 842. The highest BCUT2D eigenvalue weighted by molar-refractivity contribution is 5.90. The molecule has 0 bridgehead atoms. The molecule has 1 heterocycles. The van der Waals surface area contributed by atoms with E-state index >= 15 is 0 Å². The maximum absolute atomic E-state index is 12.7. The predicted octanol–water partition coefficient (Wildman–Crippen LogP) is 2.58. The molecule has 4 atom stereocenters. The normalized spacial score (nSPS) is 22.2. The minimum absolute atomic E-state index is 0.0264. The van der Waals surface area contributed by atoms with Crippen LogP contribution in [0.2, 0.25) is 0 Å². The fourth-order valence-corrected chi connectivity index (χ4v) is 4.45. The summed E-state index contributed by atoms with van der Waals surface area (Å²) in [6.07, 6.45) is 2.59. The number of carboxylic acid groups (broad SMARTS) is 1. The molecule has 2 rings (SSSR count). The summed E-state index contributed by atoms with van der Waals surface area (Å²) in [5.74, 6) is -4.05. The van der Waals surface area contributed by atoms with Crippen LogP contribution in [0.15, 0.2) is 24.3 Å². The van der Waals surface area contributed by atoms with E-state index in [2.05, 4.69) is 30.3 Å². The summed E-state index contributed by atoms with van der Waals surface area (Å²) < 4.78 is 5.52. The van der Waals surface area contributed by atoms with Crippen LogP contribution < -0.4 is 10.1 Å². The average molecular weight is 463 g/mol. The maximum Gasteiger partial charge on any atom is 0.326 e. The highest BCUT2D eigenvalue weighted by atomic mass is 16.5. The Morgan fingerprint density at radius 3 is 2.52 bits per heavy atom. The Morgan fingerprint density at radius 1 is 1.21 bits per heavy atom. The number of likely N-dealkylation sites (N-methyl/N-ethyl adjacent to an activating group) is 1. The van der Waals surface area contributed by atoms with Gasteiger partial charge in [0.25, 0.3) is 0 Å².